The summed E-state index contributed by atoms with van der Waals surface area (Å²) in [6, 6.07) is 2.03. The standard InChI is InChI=1S/C14H17NO6/c1-3-4-15(7-16)12(14(17)18)9-5-10(19-2)13-11(6-9)20-8-21-13/h5-7,12H,3-4,8H2,1-2H3,(H,17,18). The maximum atomic E-state index is 11.6. The normalized spacial score (nSPS) is 13.6. The molecular formula is C14H17NO6. The highest BCUT2D eigenvalue weighted by Crippen LogP contribution is 2.43. The van der Waals surface area contributed by atoms with Crippen molar-refractivity contribution in [2.45, 2.75) is 19.4 Å². The van der Waals surface area contributed by atoms with Crippen molar-refractivity contribution in [1.29, 1.82) is 0 Å². The van der Waals surface area contributed by atoms with Crippen LogP contribution in [0.2, 0.25) is 0 Å². The molecule has 1 aliphatic rings. The summed E-state index contributed by atoms with van der Waals surface area (Å²) in [4.78, 5) is 24.0. The second-order valence-corrected chi connectivity index (χ2v) is 4.54. The van der Waals surface area contributed by atoms with E-state index in [1.165, 1.54) is 12.0 Å². The van der Waals surface area contributed by atoms with Gasteiger partial charge in [0.25, 0.3) is 0 Å². The third-order valence-corrected chi connectivity index (χ3v) is 3.18. The quantitative estimate of drug-likeness (QED) is 0.766. The number of fused-ring (bicyclic) bond motifs is 1. The molecule has 0 radical (unpaired) electrons. The number of carbonyl (C=O) groups is 2. The summed E-state index contributed by atoms with van der Waals surface area (Å²) >= 11 is 0. The van der Waals surface area contributed by atoms with E-state index in [1.807, 2.05) is 6.92 Å². The summed E-state index contributed by atoms with van der Waals surface area (Å²) in [6.07, 6.45) is 1.20. The molecule has 2 rings (SSSR count). The molecule has 0 bridgehead atoms. The van der Waals surface area contributed by atoms with Gasteiger partial charge in [-0.2, -0.15) is 0 Å². The van der Waals surface area contributed by atoms with Crippen LogP contribution in [0.25, 0.3) is 0 Å². The molecule has 0 aromatic heterocycles. The maximum Gasteiger partial charge on any atom is 0.331 e. The Morgan fingerprint density at radius 1 is 1.52 bits per heavy atom. The predicted octanol–water partition coefficient (Wildman–Crippen LogP) is 1.42. The van der Waals surface area contributed by atoms with Crippen LogP contribution in [-0.4, -0.2) is 42.8 Å². The summed E-state index contributed by atoms with van der Waals surface area (Å²) in [5, 5.41) is 9.45. The summed E-state index contributed by atoms with van der Waals surface area (Å²) in [5.74, 6) is 0.126. The summed E-state index contributed by atoms with van der Waals surface area (Å²) in [6.45, 7) is 2.27. The van der Waals surface area contributed by atoms with Crippen molar-refractivity contribution in [2.24, 2.45) is 0 Å². The van der Waals surface area contributed by atoms with Crippen molar-refractivity contribution in [1.82, 2.24) is 4.90 Å². The van der Waals surface area contributed by atoms with Crippen LogP contribution in [-0.2, 0) is 9.59 Å². The van der Waals surface area contributed by atoms with Crippen molar-refractivity contribution in [2.75, 3.05) is 20.4 Å². The molecule has 0 aliphatic carbocycles. The first kappa shape index (κ1) is 15.0. The first-order valence-corrected chi connectivity index (χ1v) is 6.53. The molecule has 0 saturated heterocycles. The average Bonchev–Trinajstić information content (AvgIpc) is 2.93. The van der Waals surface area contributed by atoms with E-state index in [9.17, 15) is 14.7 Å². The van der Waals surface area contributed by atoms with Gasteiger partial charge < -0.3 is 24.2 Å². The molecule has 1 N–H and O–H groups in total. The smallest absolute Gasteiger partial charge is 0.331 e. The van der Waals surface area contributed by atoms with Crippen molar-refractivity contribution in [3.05, 3.63) is 17.7 Å². The van der Waals surface area contributed by atoms with E-state index in [0.717, 1.165) is 0 Å². The number of aliphatic carboxylic acids is 1. The Balaban J connectivity index is 2.45. The lowest BCUT2D eigenvalue weighted by molar-refractivity contribution is -0.146. The van der Waals surface area contributed by atoms with Gasteiger partial charge in [-0.15, -0.1) is 0 Å². The number of ether oxygens (including phenoxy) is 3. The zero-order valence-electron chi connectivity index (χ0n) is 11.9. The number of amides is 1. The van der Waals surface area contributed by atoms with Crippen LogP contribution < -0.4 is 14.2 Å². The highest BCUT2D eigenvalue weighted by Gasteiger charge is 2.30. The minimum atomic E-state index is -1.11. The number of methoxy groups -OCH3 is 1. The molecule has 114 valence electrons. The maximum absolute atomic E-state index is 11.6. The number of rotatable bonds is 7. The van der Waals surface area contributed by atoms with E-state index in [4.69, 9.17) is 14.2 Å². The van der Waals surface area contributed by atoms with Gasteiger partial charge >= 0.3 is 5.97 Å². The minimum Gasteiger partial charge on any atom is -0.493 e. The SMILES string of the molecule is CCCN(C=O)C(C(=O)O)c1cc(OC)c2c(c1)OCO2. The Labute approximate surface area is 122 Å². The van der Waals surface area contributed by atoms with Gasteiger partial charge in [-0.1, -0.05) is 6.92 Å². The molecule has 1 aromatic rings. The van der Waals surface area contributed by atoms with Crippen LogP contribution in [0, 0.1) is 0 Å². The fourth-order valence-electron chi connectivity index (χ4n) is 2.28. The molecule has 21 heavy (non-hydrogen) atoms. The van der Waals surface area contributed by atoms with Crippen molar-refractivity contribution < 1.29 is 28.9 Å². The molecule has 1 unspecified atom stereocenters. The van der Waals surface area contributed by atoms with E-state index in [1.54, 1.807) is 12.1 Å². The minimum absolute atomic E-state index is 0.0548. The van der Waals surface area contributed by atoms with Gasteiger partial charge in [-0.3, -0.25) is 4.79 Å². The zero-order valence-corrected chi connectivity index (χ0v) is 11.9. The highest BCUT2D eigenvalue weighted by atomic mass is 16.7. The van der Waals surface area contributed by atoms with Gasteiger partial charge in [0.15, 0.2) is 17.5 Å². The van der Waals surface area contributed by atoms with E-state index in [0.29, 0.717) is 42.2 Å². The summed E-state index contributed by atoms with van der Waals surface area (Å²) < 4.78 is 15.8. The van der Waals surface area contributed by atoms with Gasteiger partial charge in [0.2, 0.25) is 19.0 Å². The van der Waals surface area contributed by atoms with Gasteiger partial charge in [-0.25, -0.2) is 4.79 Å². The topological polar surface area (TPSA) is 85.3 Å². The van der Waals surface area contributed by atoms with Gasteiger partial charge in [-0.05, 0) is 24.1 Å². The van der Waals surface area contributed by atoms with Crippen LogP contribution >= 0.6 is 0 Å². The van der Waals surface area contributed by atoms with Crippen LogP contribution in [0.3, 0.4) is 0 Å². The second-order valence-electron chi connectivity index (χ2n) is 4.54. The Morgan fingerprint density at radius 3 is 2.86 bits per heavy atom. The molecule has 1 amide bonds. The first-order valence-electron chi connectivity index (χ1n) is 6.53. The number of hydrogen-bond acceptors (Lipinski definition) is 5. The number of carbonyl (C=O) groups excluding carboxylic acids is 1. The Kier molecular flexibility index (Phi) is 4.52. The number of hydrogen-bond donors (Lipinski definition) is 1. The lowest BCUT2D eigenvalue weighted by Gasteiger charge is -2.25. The summed E-state index contributed by atoms with van der Waals surface area (Å²) in [5.41, 5.74) is 0.407. The lowest BCUT2D eigenvalue weighted by Crippen LogP contribution is -2.33. The zero-order chi connectivity index (χ0) is 15.4. The molecule has 0 fully saturated rings. The largest absolute Gasteiger partial charge is 0.493 e. The second kappa shape index (κ2) is 6.34. The fourth-order valence-corrected chi connectivity index (χ4v) is 2.28. The van der Waals surface area contributed by atoms with Crippen LogP contribution in [0.15, 0.2) is 12.1 Å². The molecule has 1 aliphatic heterocycles. The predicted molar refractivity (Wildman–Crippen MR) is 72.6 cm³/mol. The molecular weight excluding hydrogens is 278 g/mol. The lowest BCUT2D eigenvalue weighted by atomic mass is 10.0. The van der Waals surface area contributed by atoms with Gasteiger partial charge in [0.1, 0.15) is 0 Å². The van der Waals surface area contributed by atoms with Gasteiger partial charge in [0.05, 0.1) is 7.11 Å². The molecule has 1 aromatic carbocycles. The monoisotopic (exact) mass is 295 g/mol. The first-order chi connectivity index (χ1) is 10.1. The van der Waals surface area contributed by atoms with E-state index < -0.39 is 12.0 Å². The molecule has 0 saturated carbocycles. The molecule has 0 spiro atoms. The molecule has 1 atom stereocenters. The number of nitrogens with zero attached hydrogens (tertiary/aromatic N) is 1. The Morgan fingerprint density at radius 2 is 2.29 bits per heavy atom. The van der Waals surface area contributed by atoms with Crippen molar-refractivity contribution in [3.63, 3.8) is 0 Å². The molecule has 7 nitrogen and oxygen atoms in total. The Hall–Kier alpha value is -2.44. The average molecular weight is 295 g/mol. The molecule has 7 heteroatoms. The van der Waals surface area contributed by atoms with Crippen molar-refractivity contribution in [3.8, 4) is 17.2 Å². The summed E-state index contributed by atoms with van der Waals surface area (Å²) in [7, 11) is 1.46. The van der Waals surface area contributed by atoms with Crippen LogP contribution in [0.5, 0.6) is 17.2 Å². The Bertz CT molecular complexity index is 545. The van der Waals surface area contributed by atoms with Crippen LogP contribution in [0.1, 0.15) is 24.9 Å². The number of benzene rings is 1. The third-order valence-electron chi connectivity index (χ3n) is 3.18. The number of carboxylic acids is 1. The molecule has 1 heterocycles. The third kappa shape index (κ3) is 2.86. The van der Waals surface area contributed by atoms with E-state index >= 15 is 0 Å². The highest BCUT2D eigenvalue weighted by molar-refractivity contribution is 5.79. The van der Waals surface area contributed by atoms with Crippen LogP contribution in [0.4, 0.5) is 0 Å². The van der Waals surface area contributed by atoms with Gasteiger partial charge in [0, 0.05) is 6.54 Å². The number of carboxylic acid groups (broad SMARTS) is 1. The van der Waals surface area contributed by atoms with E-state index in [-0.39, 0.29) is 6.79 Å². The van der Waals surface area contributed by atoms with Crippen molar-refractivity contribution >= 4 is 12.4 Å². The van der Waals surface area contributed by atoms with E-state index in [2.05, 4.69) is 0 Å². The fraction of sp³-hybridized carbons (Fsp3) is 0.429.